The summed E-state index contributed by atoms with van der Waals surface area (Å²) in [7, 11) is 0. The summed E-state index contributed by atoms with van der Waals surface area (Å²) in [6, 6.07) is 5.14. The molecule has 1 rings (SSSR count). The molecule has 0 saturated heterocycles. The average molecular weight is 263 g/mol. The van der Waals surface area contributed by atoms with Gasteiger partial charge in [0.25, 0.3) is 0 Å². The van der Waals surface area contributed by atoms with Gasteiger partial charge in [-0.15, -0.1) is 11.6 Å². The van der Waals surface area contributed by atoms with E-state index in [0.29, 0.717) is 23.6 Å². The van der Waals surface area contributed by atoms with E-state index in [-0.39, 0.29) is 5.78 Å². The van der Waals surface area contributed by atoms with Crippen molar-refractivity contribution in [2.45, 2.75) is 6.42 Å². The van der Waals surface area contributed by atoms with Crippen molar-refractivity contribution in [2.24, 2.45) is 0 Å². The zero-order valence-corrected chi connectivity index (χ0v) is 9.23. The van der Waals surface area contributed by atoms with Crippen LogP contribution in [0.5, 0.6) is 0 Å². The Morgan fingerprint density at radius 1 is 1.46 bits per heavy atom. The summed E-state index contributed by atoms with van der Waals surface area (Å²) >= 11 is 8.73. The summed E-state index contributed by atoms with van der Waals surface area (Å²) in [5.41, 5.74) is 6.76. The summed E-state index contributed by atoms with van der Waals surface area (Å²) in [5, 5.41) is 0. The van der Waals surface area contributed by atoms with Crippen molar-refractivity contribution in [1.29, 1.82) is 0 Å². The van der Waals surface area contributed by atoms with Gasteiger partial charge in [-0.25, -0.2) is 0 Å². The molecule has 0 unspecified atom stereocenters. The number of alkyl halides is 1. The molecule has 0 saturated carbocycles. The number of carbonyl (C=O) groups excluding carboxylic acids is 1. The molecular formula is C9H9BrClNO. The summed E-state index contributed by atoms with van der Waals surface area (Å²) in [5.74, 6) is 0.355. The molecule has 70 valence electrons. The molecule has 0 heterocycles. The van der Waals surface area contributed by atoms with Crippen molar-refractivity contribution in [3.63, 3.8) is 0 Å². The summed E-state index contributed by atoms with van der Waals surface area (Å²) in [6.07, 6.45) is 0.345. The first kappa shape index (κ1) is 10.5. The Hall–Kier alpha value is -0.540. The largest absolute Gasteiger partial charge is 0.399 e. The van der Waals surface area contributed by atoms with Gasteiger partial charge in [0.2, 0.25) is 0 Å². The molecule has 0 aliphatic carbocycles. The highest BCUT2D eigenvalue weighted by molar-refractivity contribution is 9.10. The van der Waals surface area contributed by atoms with Gasteiger partial charge in [0, 0.05) is 28.0 Å². The first-order valence-electron chi connectivity index (χ1n) is 3.78. The van der Waals surface area contributed by atoms with Crippen LogP contribution < -0.4 is 5.73 Å². The van der Waals surface area contributed by atoms with Crippen LogP contribution >= 0.6 is 27.5 Å². The average Bonchev–Trinajstić information content (AvgIpc) is 2.03. The van der Waals surface area contributed by atoms with Crippen LogP contribution in [0.4, 0.5) is 5.69 Å². The molecular weight excluding hydrogens is 253 g/mol. The van der Waals surface area contributed by atoms with Crippen LogP contribution in [0.15, 0.2) is 22.7 Å². The van der Waals surface area contributed by atoms with Crippen molar-refractivity contribution in [3.8, 4) is 0 Å². The molecule has 13 heavy (non-hydrogen) atoms. The van der Waals surface area contributed by atoms with Gasteiger partial charge in [0.05, 0.1) is 0 Å². The van der Waals surface area contributed by atoms with Crippen molar-refractivity contribution in [3.05, 3.63) is 28.2 Å². The number of nitrogen functional groups attached to an aromatic ring is 1. The van der Waals surface area contributed by atoms with Gasteiger partial charge in [-0.3, -0.25) is 4.79 Å². The summed E-state index contributed by atoms with van der Waals surface area (Å²) in [4.78, 5) is 11.4. The number of carbonyl (C=O) groups is 1. The highest BCUT2D eigenvalue weighted by Crippen LogP contribution is 2.18. The van der Waals surface area contributed by atoms with Crippen molar-refractivity contribution in [1.82, 2.24) is 0 Å². The molecule has 0 amide bonds. The monoisotopic (exact) mass is 261 g/mol. The maximum absolute atomic E-state index is 11.4. The molecule has 2 N–H and O–H groups in total. The number of hydrogen-bond acceptors (Lipinski definition) is 2. The van der Waals surface area contributed by atoms with E-state index < -0.39 is 0 Å². The molecule has 0 radical (unpaired) electrons. The number of rotatable bonds is 3. The predicted octanol–water partition coefficient (Wildman–Crippen LogP) is 2.84. The molecule has 0 spiro atoms. The highest BCUT2D eigenvalue weighted by Gasteiger charge is 2.06. The molecule has 0 aliphatic heterocycles. The second-order valence-corrected chi connectivity index (χ2v) is 3.93. The normalized spacial score (nSPS) is 10.0. The van der Waals surface area contributed by atoms with Crippen LogP contribution in [-0.4, -0.2) is 11.7 Å². The Balaban J connectivity index is 2.94. The quantitative estimate of drug-likeness (QED) is 0.517. The van der Waals surface area contributed by atoms with Crippen LogP contribution in [0.25, 0.3) is 0 Å². The third-order valence-electron chi connectivity index (χ3n) is 1.56. The van der Waals surface area contributed by atoms with Gasteiger partial charge in [-0.1, -0.05) is 15.9 Å². The van der Waals surface area contributed by atoms with Gasteiger partial charge in [0.1, 0.15) is 0 Å². The Kier molecular flexibility index (Phi) is 3.75. The Bertz CT molecular complexity index is 307. The van der Waals surface area contributed by atoms with E-state index in [1.807, 2.05) is 0 Å². The van der Waals surface area contributed by atoms with Gasteiger partial charge in [-0.2, -0.15) is 0 Å². The van der Waals surface area contributed by atoms with E-state index in [9.17, 15) is 4.79 Å². The van der Waals surface area contributed by atoms with E-state index in [4.69, 9.17) is 17.3 Å². The smallest absolute Gasteiger partial charge is 0.164 e. The molecule has 0 fully saturated rings. The predicted molar refractivity (Wildman–Crippen MR) is 58.2 cm³/mol. The number of anilines is 1. The fourth-order valence-electron chi connectivity index (χ4n) is 1.00. The van der Waals surface area contributed by atoms with Gasteiger partial charge >= 0.3 is 0 Å². The van der Waals surface area contributed by atoms with E-state index in [0.717, 1.165) is 4.47 Å². The van der Waals surface area contributed by atoms with Crippen molar-refractivity contribution in [2.75, 3.05) is 11.6 Å². The number of ketones is 1. The molecule has 4 heteroatoms. The van der Waals surface area contributed by atoms with E-state index in [1.54, 1.807) is 18.2 Å². The fourth-order valence-corrected chi connectivity index (χ4v) is 1.69. The Morgan fingerprint density at radius 3 is 2.69 bits per heavy atom. The molecule has 0 bridgehead atoms. The number of benzene rings is 1. The number of halogens is 2. The van der Waals surface area contributed by atoms with Crippen LogP contribution in [-0.2, 0) is 0 Å². The minimum absolute atomic E-state index is 0.0167. The molecule has 0 aliphatic rings. The lowest BCUT2D eigenvalue weighted by molar-refractivity contribution is 0.0989. The van der Waals surface area contributed by atoms with Crippen LogP contribution in [0.1, 0.15) is 16.8 Å². The second kappa shape index (κ2) is 4.63. The maximum atomic E-state index is 11.4. The summed E-state index contributed by atoms with van der Waals surface area (Å²) < 4.78 is 0.811. The van der Waals surface area contributed by atoms with Crippen LogP contribution in [0.2, 0.25) is 0 Å². The standard InChI is InChI=1S/C9H9BrClNO/c10-7-3-6(4-8(12)5-7)9(13)1-2-11/h3-5H,1-2,12H2. The molecule has 0 atom stereocenters. The van der Waals surface area contributed by atoms with Gasteiger partial charge in [-0.05, 0) is 18.2 Å². The van der Waals surface area contributed by atoms with E-state index in [2.05, 4.69) is 15.9 Å². The van der Waals surface area contributed by atoms with Crippen LogP contribution in [0.3, 0.4) is 0 Å². The lowest BCUT2D eigenvalue weighted by Crippen LogP contribution is -2.00. The number of Topliss-reactive ketones (excluding diaryl/α,β-unsaturated/α-hetero) is 1. The van der Waals surface area contributed by atoms with Crippen LogP contribution in [0, 0.1) is 0 Å². The Morgan fingerprint density at radius 2 is 2.15 bits per heavy atom. The zero-order chi connectivity index (χ0) is 9.84. The minimum atomic E-state index is 0.0167. The third kappa shape index (κ3) is 3.01. The van der Waals surface area contributed by atoms with Crippen molar-refractivity contribution < 1.29 is 4.79 Å². The highest BCUT2D eigenvalue weighted by atomic mass is 79.9. The van der Waals surface area contributed by atoms with Gasteiger partial charge < -0.3 is 5.73 Å². The lowest BCUT2D eigenvalue weighted by Gasteiger charge is -2.01. The third-order valence-corrected chi connectivity index (χ3v) is 2.21. The fraction of sp³-hybridized carbons (Fsp3) is 0.222. The molecule has 1 aromatic rings. The second-order valence-electron chi connectivity index (χ2n) is 2.64. The van der Waals surface area contributed by atoms with E-state index in [1.165, 1.54) is 0 Å². The first-order chi connectivity index (χ1) is 6.13. The van der Waals surface area contributed by atoms with E-state index >= 15 is 0 Å². The van der Waals surface area contributed by atoms with Crippen molar-refractivity contribution >= 4 is 39.0 Å². The molecule has 0 aromatic heterocycles. The van der Waals surface area contributed by atoms with Gasteiger partial charge in [0.15, 0.2) is 5.78 Å². The molecule has 2 nitrogen and oxygen atoms in total. The first-order valence-corrected chi connectivity index (χ1v) is 5.11. The minimum Gasteiger partial charge on any atom is -0.399 e. The Labute approximate surface area is 90.2 Å². The summed E-state index contributed by atoms with van der Waals surface area (Å²) in [6.45, 7) is 0. The topological polar surface area (TPSA) is 43.1 Å². The lowest BCUT2D eigenvalue weighted by atomic mass is 10.1. The number of nitrogens with two attached hydrogens (primary N) is 1. The zero-order valence-electron chi connectivity index (χ0n) is 6.89. The SMILES string of the molecule is Nc1cc(Br)cc(C(=O)CCCl)c1. The maximum Gasteiger partial charge on any atom is 0.164 e. The number of hydrogen-bond donors (Lipinski definition) is 1. The molecule has 1 aromatic carbocycles.